The zero-order chi connectivity index (χ0) is 29.4. The molecule has 5 aliphatic rings. The topological polar surface area (TPSA) is 57.7 Å². The maximum atomic E-state index is 13.1. The number of amides is 1. The van der Waals surface area contributed by atoms with Crippen molar-refractivity contribution in [1.29, 1.82) is 0 Å². The highest BCUT2D eigenvalue weighted by Gasteiger charge is 2.50. The van der Waals surface area contributed by atoms with Crippen LogP contribution in [0.4, 0.5) is 5.69 Å². The molecule has 1 aromatic heterocycles. The summed E-state index contributed by atoms with van der Waals surface area (Å²) in [5, 5.41) is 3.34. The fourth-order valence-corrected chi connectivity index (χ4v) is 9.05. The van der Waals surface area contributed by atoms with E-state index in [-0.39, 0.29) is 5.91 Å². The molecule has 0 radical (unpaired) electrons. The smallest absolute Gasteiger partial charge is 0.251 e. The zero-order valence-electron chi connectivity index (χ0n) is 25.8. The van der Waals surface area contributed by atoms with Crippen LogP contribution in [0.5, 0.6) is 5.75 Å². The van der Waals surface area contributed by atoms with Crippen LogP contribution in [0.3, 0.4) is 0 Å². The Morgan fingerprint density at radius 1 is 0.907 bits per heavy atom. The Kier molecular flexibility index (Phi) is 7.89. The summed E-state index contributed by atoms with van der Waals surface area (Å²) in [6.45, 7) is 9.77. The van der Waals surface area contributed by atoms with E-state index in [4.69, 9.17) is 4.74 Å². The van der Waals surface area contributed by atoms with Crippen LogP contribution in [0.25, 0.3) is 11.1 Å². The fourth-order valence-electron chi connectivity index (χ4n) is 9.05. The highest BCUT2D eigenvalue weighted by molar-refractivity contribution is 5.94. The minimum atomic E-state index is 0.0882. The van der Waals surface area contributed by atoms with E-state index in [0.29, 0.717) is 18.1 Å². The van der Waals surface area contributed by atoms with Gasteiger partial charge in [-0.25, -0.2) is 0 Å². The lowest BCUT2D eigenvalue weighted by Gasteiger charge is -2.56. The van der Waals surface area contributed by atoms with E-state index in [1.807, 2.05) is 25.3 Å². The molecule has 6 nitrogen and oxygen atoms in total. The third kappa shape index (κ3) is 6.04. The Morgan fingerprint density at radius 2 is 1.56 bits per heavy atom. The number of aromatic nitrogens is 1. The molecule has 226 valence electrons. The van der Waals surface area contributed by atoms with E-state index in [1.165, 1.54) is 49.8 Å². The first kappa shape index (κ1) is 28.4. The first-order chi connectivity index (χ1) is 21.0. The van der Waals surface area contributed by atoms with Crippen molar-refractivity contribution in [3.05, 3.63) is 78.1 Å². The highest BCUT2D eigenvalue weighted by Crippen LogP contribution is 2.59. The van der Waals surface area contributed by atoms with Gasteiger partial charge in [-0.05, 0) is 117 Å². The lowest BCUT2D eigenvalue weighted by molar-refractivity contribution is -0.0503. The van der Waals surface area contributed by atoms with Crippen molar-refractivity contribution in [2.75, 3.05) is 44.2 Å². The number of pyridine rings is 1. The Hall–Kier alpha value is -3.38. The number of hydrogen-bond acceptors (Lipinski definition) is 5. The van der Waals surface area contributed by atoms with Crippen molar-refractivity contribution in [3.63, 3.8) is 0 Å². The molecule has 1 unspecified atom stereocenters. The molecule has 43 heavy (non-hydrogen) atoms. The van der Waals surface area contributed by atoms with Crippen LogP contribution < -0.4 is 15.0 Å². The summed E-state index contributed by atoms with van der Waals surface area (Å²) in [5.74, 6) is 3.64. The van der Waals surface area contributed by atoms with Gasteiger partial charge in [-0.2, -0.15) is 0 Å². The number of anilines is 1. The molecule has 2 aromatic carbocycles. The molecule has 4 aliphatic carbocycles. The van der Waals surface area contributed by atoms with E-state index >= 15 is 0 Å². The van der Waals surface area contributed by atoms with E-state index in [0.717, 1.165) is 72.9 Å². The average molecular weight is 579 g/mol. The third-order valence-electron chi connectivity index (χ3n) is 10.9. The number of carbonyl (C=O) groups is 1. The van der Waals surface area contributed by atoms with Crippen molar-refractivity contribution in [3.8, 4) is 16.9 Å². The lowest BCUT2D eigenvalue weighted by atomic mass is 9.49. The number of nitrogens with zero attached hydrogens (tertiary/aromatic N) is 3. The minimum absolute atomic E-state index is 0.0882. The number of rotatable bonds is 9. The van der Waals surface area contributed by atoms with Gasteiger partial charge in [0.25, 0.3) is 5.91 Å². The molecule has 4 saturated carbocycles. The van der Waals surface area contributed by atoms with Crippen LogP contribution in [0.1, 0.15) is 74.3 Å². The summed E-state index contributed by atoms with van der Waals surface area (Å²) in [7, 11) is 0. The molecular weight excluding hydrogens is 532 g/mol. The molecule has 3 aromatic rings. The average Bonchev–Trinajstić information content (AvgIpc) is 3.03. The molecule has 1 saturated heterocycles. The van der Waals surface area contributed by atoms with Gasteiger partial charge in [-0.1, -0.05) is 24.3 Å². The van der Waals surface area contributed by atoms with Gasteiger partial charge in [-0.3, -0.25) is 14.7 Å². The second kappa shape index (κ2) is 12.0. The Bertz CT molecular complexity index is 1380. The normalized spacial score (nSPS) is 27.2. The molecule has 1 aliphatic heterocycles. The number of carbonyl (C=O) groups excluding carboxylic acids is 1. The number of hydrogen-bond donors (Lipinski definition) is 1. The molecule has 0 spiro atoms. The first-order valence-corrected chi connectivity index (χ1v) is 16.5. The second-order valence-corrected chi connectivity index (χ2v) is 13.8. The lowest BCUT2D eigenvalue weighted by Crippen LogP contribution is -2.51. The van der Waals surface area contributed by atoms with Crippen LogP contribution in [0.15, 0.2) is 67.0 Å². The van der Waals surface area contributed by atoms with Crippen LogP contribution >= 0.6 is 0 Å². The van der Waals surface area contributed by atoms with Crippen molar-refractivity contribution < 1.29 is 9.53 Å². The van der Waals surface area contributed by atoms with Crippen LogP contribution in [-0.4, -0.2) is 55.1 Å². The minimum Gasteiger partial charge on any atom is -0.492 e. The summed E-state index contributed by atoms with van der Waals surface area (Å²) in [6.07, 6.45) is 12.0. The van der Waals surface area contributed by atoms with Gasteiger partial charge in [-0.15, -0.1) is 0 Å². The molecule has 4 bridgehead atoms. The predicted molar refractivity (Wildman–Crippen MR) is 172 cm³/mol. The summed E-state index contributed by atoms with van der Waals surface area (Å²) in [5.41, 5.74) is 5.91. The summed E-state index contributed by atoms with van der Waals surface area (Å²) < 4.78 is 5.62. The molecule has 6 heteroatoms. The Labute approximate surface area is 256 Å². The molecule has 1 N–H and O–H groups in total. The van der Waals surface area contributed by atoms with Crippen LogP contribution in [-0.2, 0) is 0 Å². The van der Waals surface area contributed by atoms with Gasteiger partial charge in [0.15, 0.2) is 0 Å². The van der Waals surface area contributed by atoms with Gasteiger partial charge < -0.3 is 15.0 Å². The summed E-state index contributed by atoms with van der Waals surface area (Å²) in [6, 6.07) is 19.6. The second-order valence-electron chi connectivity index (χ2n) is 13.8. The van der Waals surface area contributed by atoms with Gasteiger partial charge in [0.05, 0.1) is 12.8 Å². The van der Waals surface area contributed by atoms with E-state index in [2.05, 4.69) is 69.5 Å². The summed E-state index contributed by atoms with van der Waals surface area (Å²) >= 11 is 0. The number of benzene rings is 2. The molecule has 5 fully saturated rings. The van der Waals surface area contributed by atoms with E-state index in [1.54, 1.807) is 6.20 Å². The van der Waals surface area contributed by atoms with Gasteiger partial charge in [0.1, 0.15) is 5.75 Å². The van der Waals surface area contributed by atoms with E-state index in [9.17, 15) is 4.79 Å². The molecular formula is C37H46N4O2. The zero-order valence-corrected chi connectivity index (χ0v) is 25.8. The number of piperazine rings is 1. The first-order valence-electron chi connectivity index (χ1n) is 16.5. The molecule has 8 rings (SSSR count). The standard InChI is InChI=1S/C37H46N4O2/c1-3-43-35-19-33(23-38-24-35)31-6-4-30(5-7-31)26(2)40-12-14-41(15-13-40)34-10-8-32(9-11-34)36(42)39-25-37-20-27-16-28(21-37)18-29(17-27)22-37/h4-11,19,23-24,26-29H,3,12-18,20-22,25H2,1-2H3,(H,39,42). The van der Waals surface area contributed by atoms with Crippen LogP contribution in [0, 0.1) is 23.2 Å². The molecule has 2 heterocycles. The predicted octanol–water partition coefficient (Wildman–Crippen LogP) is 6.98. The SMILES string of the molecule is CCOc1cncc(-c2ccc(C(C)N3CCN(c4ccc(C(=O)NCC56CC7CC(CC(C7)C5)C6)cc4)CC3)cc2)c1. The van der Waals surface area contributed by atoms with Crippen molar-refractivity contribution in [2.45, 2.75) is 58.4 Å². The number of nitrogens with one attached hydrogen (secondary N) is 1. The van der Waals surface area contributed by atoms with E-state index < -0.39 is 0 Å². The monoisotopic (exact) mass is 578 g/mol. The third-order valence-corrected chi connectivity index (χ3v) is 10.9. The number of ether oxygens (including phenoxy) is 1. The Balaban J connectivity index is 0.905. The quantitative estimate of drug-likeness (QED) is 0.297. The van der Waals surface area contributed by atoms with Gasteiger partial charge in [0.2, 0.25) is 0 Å². The molecule has 1 amide bonds. The largest absolute Gasteiger partial charge is 0.492 e. The highest BCUT2D eigenvalue weighted by atomic mass is 16.5. The maximum absolute atomic E-state index is 13.1. The van der Waals surface area contributed by atoms with Crippen LogP contribution in [0.2, 0.25) is 0 Å². The Morgan fingerprint density at radius 3 is 2.19 bits per heavy atom. The van der Waals surface area contributed by atoms with Gasteiger partial charge in [0, 0.05) is 61.8 Å². The van der Waals surface area contributed by atoms with Crippen molar-refractivity contribution >= 4 is 11.6 Å². The van der Waals surface area contributed by atoms with Crippen molar-refractivity contribution in [1.82, 2.24) is 15.2 Å². The summed E-state index contributed by atoms with van der Waals surface area (Å²) in [4.78, 5) is 22.4. The van der Waals surface area contributed by atoms with Crippen molar-refractivity contribution in [2.24, 2.45) is 23.2 Å². The maximum Gasteiger partial charge on any atom is 0.251 e. The van der Waals surface area contributed by atoms with Gasteiger partial charge >= 0.3 is 0 Å². The molecule has 1 atom stereocenters. The fraction of sp³-hybridized carbons (Fsp3) is 0.514.